The SMILES string of the molecule is Cc1ccc(C2CCCC(Cl)C2)cc1C. The molecule has 0 amide bonds. The Kier molecular flexibility index (Phi) is 3.35. The van der Waals surface area contributed by atoms with E-state index in [4.69, 9.17) is 11.6 Å². The smallest absolute Gasteiger partial charge is 0.0341 e. The van der Waals surface area contributed by atoms with E-state index in [9.17, 15) is 0 Å². The van der Waals surface area contributed by atoms with Gasteiger partial charge in [-0.1, -0.05) is 24.6 Å². The molecule has 0 radical (unpaired) electrons. The highest BCUT2D eigenvalue weighted by atomic mass is 35.5. The van der Waals surface area contributed by atoms with E-state index in [-0.39, 0.29) is 0 Å². The molecule has 1 fully saturated rings. The van der Waals surface area contributed by atoms with Crippen LogP contribution in [0.1, 0.15) is 48.3 Å². The van der Waals surface area contributed by atoms with Crippen molar-refractivity contribution in [3.63, 3.8) is 0 Å². The number of rotatable bonds is 1. The van der Waals surface area contributed by atoms with E-state index in [1.807, 2.05) is 0 Å². The highest BCUT2D eigenvalue weighted by Gasteiger charge is 2.21. The first-order chi connectivity index (χ1) is 7.16. The Bertz CT molecular complexity index is 343. The molecule has 1 heteroatoms. The van der Waals surface area contributed by atoms with Crippen molar-refractivity contribution in [1.82, 2.24) is 0 Å². The zero-order chi connectivity index (χ0) is 10.8. The summed E-state index contributed by atoms with van der Waals surface area (Å²) in [6.45, 7) is 4.37. The molecule has 0 heterocycles. The summed E-state index contributed by atoms with van der Waals surface area (Å²) >= 11 is 6.23. The average Bonchev–Trinajstić information content (AvgIpc) is 2.22. The van der Waals surface area contributed by atoms with E-state index in [0.29, 0.717) is 11.3 Å². The summed E-state index contributed by atoms with van der Waals surface area (Å²) in [5.41, 5.74) is 4.28. The van der Waals surface area contributed by atoms with Gasteiger partial charge in [0.2, 0.25) is 0 Å². The van der Waals surface area contributed by atoms with E-state index in [2.05, 4.69) is 32.0 Å². The molecular formula is C14H19Cl. The van der Waals surface area contributed by atoms with Crippen molar-refractivity contribution < 1.29 is 0 Å². The van der Waals surface area contributed by atoms with Crippen LogP contribution in [-0.4, -0.2) is 5.38 Å². The van der Waals surface area contributed by atoms with Gasteiger partial charge in [0.1, 0.15) is 0 Å². The number of hydrogen-bond acceptors (Lipinski definition) is 0. The lowest BCUT2D eigenvalue weighted by Gasteiger charge is -2.26. The zero-order valence-corrected chi connectivity index (χ0v) is 10.3. The number of halogens is 1. The average molecular weight is 223 g/mol. The second-order valence-electron chi connectivity index (χ2n) is 4.80. The summed E-state index contributed by atoms with van der Waals surface area (Å²) in [6, 6.07) is 6.86. The van der Waals surface area contributed by atoms with Crippen LogP contribution in [0.2, 0.25) is 0 Å². The molecule has 0 spiro atoms. The summed E-state index contributed by atoms with van der Waals surface area (Å²) < 4.78 is 0. The molecule has 2 unspecified atom stereocenters. The van der Waals surface area contributed by atoms with Crippen LogP contribution in [0.15, 0.2) is 18.2 Å². The van der Waals surface area contributed by atoms with Gasteiger partial charge in [-0.25, -0.2) is 0 Å². The van der Waals surface area contributed by atoms with Crippen molar-refractivity contribution in [2.24, 2.45) is 0 Å². The van der Waals surface area contributed by atoms with E-state index in [1.165, 1.54) is 36.0 Å². The van der Waals surface area contributed by atoms with Crippen molar-refractivity contribution >= 4 is 11.6 Å². The first kappa shape index (κ1) is 11.0. The molecule has 1 aliphatic rings. The standard InChI is InChI=1S/C14H19Cl/c1-10-6-7-13(8-11(10)2)12-4-3-5-14(15)9-12/h6-8,12,14H,3-5,9H2,1-2H3. The van der Waals surface area contributed by atoms with Gasteiger partial charge < -0.3 is 0 Å². The second-order valence-corrected chi connectivity index (χ2v) is 5.42. The molecule has 1 aliphatic carbocycles. The van der Waals surface area contributed by atoms with Crippen LogP contribution in [0.4, 0.5) is 0 Å². The van der Waals surface area contributed by atoms with Crippen molar-refractivity contribution in [3.05, 3.63) is 34.9 Å². The third-order valence-electron chi connectivity index (χ3n) is 3.61. The van der Waals surface area contributed by atoms with Crippen molar-refractivity contribution in [2.45, 2.75) is 50.8 Å². The third kappa shape index (κ3) is 2.55. The van der Waals surface area contributed by atoms with Crippen molar-refractivity contribution in [1.29, 1.82) is 0 Å². The molecule has 1 saturated carbocycles. The fourth-order valence-corrected chi connectivity index (χ4v) is 2.82. The van der Waals surface area contributed by atoms with Crippen LogP contribution in [0.25, 0.3) is 0 Å². The van der Waals surface area contributed by atoms with Gasteiger partial charge in [-0.05, 0) is 55.7 Å². The summed E-state index contributed by atoms with van der Waals surface area (Å²) in [5, 5.41) is 0.394. The van der Waals surface area contributed by atoms with Gasteiger partial charge in [-0.2, -0.15) is 0 Å². The van der Waals surface area contributed by atoms with Crippen molar-refractivity contribution in [2.75, 3.05) is 0 Å². The third-order valence-corrected chi connectivity index (χ3v) is 4.01. The van der Waals surface area contributed by atoms with Gasteiger partial charge in [-0.15, -0.1) is 11.6 Å². The predicted molar refractivity (Wildman–Crippen MR) is 66.8 cm³/mol. The van der Waals surface area contributed by atoms with Gasteiger partial charge >= 0.3 is 0 Å². The molecule has 0 N–H and O–H groups in total. The number of aryl methyl sites for hydroxylation is 2. The lowest BCUT2D eigenvalue weighted by molar-refractivity contribution is 0.449. The maximum absolute atomic E-state index is 6.23. The Morgan fingerprint density at radius 3 is 2.60 bits per heavy atom. The zero-order valence-electron chi connectivity index (χ0n) is 9.59. The second kappa shape index (κ2) is 4.57. The highest BCUT2D eigenvalue weighted by Crippen LogP contribution is 2.35. The summed E-state index contributed by atoms with van der Waals surface area (Å²) in [6.07, 6.45) is 4.95. The molecule has 1 aromatic rings. The van der Waals surface area contributed by atoms with Crippen LogP contribution in [0, 0.1) is 13.8 Å². The van der Waals surface area contributed by atoms with Gasteiger partial charge in [-0.3, -0.25) is 0 Å². The Hall–Kier alpha value is -0.490. The van der Waals surface area contributed by atoms with E-state index in [0.717, 1.165) is 6.42 Å². The van der Waals surface area contributed by atoms with Gasteiger partial charge in [0.15, 0.2) is 0 Å². The molecule has 2 rings (SSSR count). The molecule has 2 atom stereocenters. The molecule has 0 saturated heterocycles. The van der Waals surface area contributed by atoms with E-state index < -0.39 is 0 Å². The van der Waals surface area contributed by atoms with Crippen LogP contribution in [0.5, 0.6) is 0 Å². The van der Waals surface area contributed by atoms with E-state index >= 15 is 0 Å². The largest absolute Gasteiger partial charge is 0.123 e. The lowest BCUT2D eigenvalue weighted by atomic mass is 9.83. The quantitative estimate of drug-likeness (QED) is 0.611. The minimum Gasteiger partial charge on any atom is -0.123 e. The highest BCUT2D eigenvalue weighted by molar-refractivity contribution is 6.20. The van der Waals surface area contributed by atoms with Gasteiger partial charge in [0.25, 0.3) is 0 Å². The van der Waals surface area contributed by atoms with Crippen LogP contribution < -0.4 is 0 Å². The van der Waals surface area contributed by atoms with Gasteiger partial charge in [0, 0.05) is 5.38 Å². The first-order valence-corrected chi connectivity index (χ1v) is 6.31. The predicted octanol–water partition coefficient (Wildman–Crippen LogP) is 4.57. The fourth-order valence-electron chi connectivity index (χ4n) is 2.45. The maximum Gasteiger partial charge on any atom is 0.0341 e. The Morgan fingerprint density at radius 2 is 1.93 bits per heavy atom. The first-order valence-electron chi connectivity index (χ1n) is 5.88. The molecule has 0 nitrogen and oxygen atoms in total. The van der Waals surface area contributed by atoms with Crippen molar-refractivity contribution in [3.8, 4) is 0 Å². The number of hydrogen-bond donors (Lipinski definition) is 0. The Labute approximate surface area is 97.6 Å². The van der Waals surface area contributed by atoms with Gasteiger partial charge in [0.05, 0.1) is 0 Å². The normalized spacial score (nSPS) is 26.6. The molecule has 0 aromatic heterocycles. The minimum absolute atomic E-state index is 0.394. The number of alkyl halides is 1. The summed E-state index contributed by atoms with van der Waals surface area (Å²) in [4.78, 5) is 0. The molecule has 1 aromatic carbocycles. The summed E-state index contributed by atoms with van der Waals surface area (Å²) in [7, 11) is 0. The van der Waals surface area contributed by atoms with Crippen LogP contribution in [0.3, 0.4) is 0 Å². The molecule has 82 valence electrons. The number of benzene rings is 1. The minimum atomic E-state index is 0.394. The van der Waals surface area contributed by atoms with Crippen LogP contribution >= 0.6 is 11.6 Å². The fraction of sp³-hybridized carbons (Fsp3) is 0.571. The van der Waals surface area contributed by atoms with Crippen LogP contribution in [-0.2, 0) is 0 Å². The monoisotopic (exact) mass is 222 g/mol. The van der Waals surface area contributed by atoms with E-state index in [1.54, 1.807) is 0 Å². The lowest BCUT2D eigenvalue weighted by Crippen LogP contribution is -2.14. The molecule has 15 heavy (non-hydrogen) atoms. The topological polar surface area (TPSA) is 0 Å². The maximum atomic E-state index is 6.23. The molecular weight excluding hydrogens is 204 g/mol. The Balaban J connectivity index is 2.18. The molecule has 0 bridgehead atoms. The summed E-state index contributed by atoms with van der Waals surface area (Å²) in [5.74, 6) is 0.695. The Morgan fingerprint density at radius 1 is 1.13 bits per heavy atom. The molecule has 0 aliphatic heterocycles.